The monoisotopic (exact) mass is 358 g/mol. The molecule has 1 aliphatic carbocycles. The number of nitrogen functional groups attached to an aromatic ring is 1. The van der Waals surface area contributed by atoms with Gasteiger partial charge in [0.05, 0.1) is 11.5 Å². The molecule has 0 atom stereocenters. The number of hydrogen-bond acceptors (Lipinski definition) is 7. The number of carbonyl (C=O) groups is 1. The Morgan fingerprint density at radius 2 is 2.08 bits per heavy atom. The van der Waals surface area contributed by atoms with Gasteiger partial charge in [-0.1, -0.05) is 25.1 Å². The maximum absolute atomic E-state index is 11.7. The molecule has 2 aromatic rings. The second-order valence-electron chi connectivity index (χ2n) is 5.90. The summed E-state index contributed by atoms with van der Waals surface area (Å²) in [5.41, 5.74) is 7.93. The maximum atomic E-state index is 11.7. The third kappa shape index (κ3) is 5.32. The molecule has 0 unspecified atom stereocenters. The van der Waals surface area contributed by atoms with Crippen molar-refractivity contribution in [2.45, 2.75) is 38.0 Å². The third-order valence-corrected chi connectivity index (χ3v) is 4.68. The highest BCUT2D eigenvalue weighted by Gasteiger charge is 2.22. The van der Waals surface area contributed by atoms with Gasteiger partial charge in [-0.3, -0.25) is 4.79 Å². The van der Waals surface area contributed by atoms with E-state index >= 15 is 0 Å². The van der Waals surface area contributed by atoms with Crippen LogP contribution in [0.1, 0.15) is 31.2 Å². The number of hydrogen-bond donors (Lipinski definition) is 3. The Labute approximate surface area is 151 Å². The van der Waals surface area contributed by atoms with Crippen LogP contribution < -0.4 is 16.4 Å². The molecule has 4 N–H and O–H groups in total. The minimum absolute atomic E-state index is 0.0600. The Hall–Kier alpha value is -2.35. The van der Waals surface area contributed by atoms with Crippen LogP contribution in [-0.4, -0.2) is 32.7 Å². The van der Waals surface area contributed by atoms with Crippen molar-refractivity contribution in [2.24, 2.45) is 0 Å². The van der Waals surface area contributed by atoms with Crippen molar-refractivity contribution in [3.63, 3.8) is 0 Å². The zero-order chi connectivity index (χ0) is 17.6. The molecule has 8 heteroatoms. The average Bonchev–Trinajstić information content (AvgIpc) is 3.39. The van der Waals surface area contributed by atoms with Crippen molar-refractivity contribution in [1.82, 2.24) is 20.3 Å². The third-order valence-electron chi connectivity index (χ3n) is 3.75. The summed E-state index contributed by atoms with van der Waals surface area (Å²) >= 11 is 1.47. The fraction of sp³-hybridized carbons (Fsp3) is 0.412. The van der Waals surface area contributed by atoms with Gasteiger partial charge in [0.25, 0.3) is 0 Å². The normalized spacial score (nSPS) is 13.5. The molecular weight excluding hydrogens is 336 g/mol. The number of nitrogens with zero attached hydrogens (tertiary/aromatic N) is 3. The van der Waals surface area contributed by atoms with Crippen LogP contribution in [0.15, 0.2) is 24.3 Å². The van der Waals surface area contributed by atoms with Crippen LogP contribution in [0.5, 0.6) is 0 Å². The van der Waals surface area contributed by atoms with Gasteiger partial charge in [-0.05, 0) is 30.9 Å². The van der Waals surface area contributed by atoms with Crippen molar-refractivity contribution in [1.29, 1.82) is 0 Å². The van der Waals surface area contributed by atoms with E-state index < -0.39 is 0 Å². The quantitative estimate of drug-likeness (QED) is 0.664. The van der Waals surface area contributed by atoms with Gasteiger partial charge in [0.1, 0.15) is 5.82 Å². The molecule has 7 nitrogen and oxygen atoms in total. The number of nitrogens with two attached hydrogens (primary N) is 1. The number of anilines is 3. The summed E-state index contributed by atoms with van der Waals surface area (Å²) in [4.78, 5) is 24.4. The van der Waals surface area contributed by atoms with Gasteiger partial charge >= 0.3 is 0 Å². The first-order valence-corrected chi connectivity index (χ1v) is 9.52. The number of nitrogens with one attached hydrogen (secondary N) is 2. The molecule has 0 bridgehead atoms. The fourth-order valence-corrected chi connectivity index (χ4v) is 3.04. The van der Waals surface area contributed by atoms with Gasteiger partial charge in [-0.15, -0.1) is 11.8 Å². The van der Waals surface area contributed by atoms with E-state index in [1.807, 2.05) is 18.2 Å². The molecule has 0 saturated heterocycles. The van der Waals surface area contributed by atoms with Crippen molar-refractivity contribution >= 4 is 35.3 Å². The summed E-state index contributed by atoms with van der Waals surface area (Å²) in [7, 11) is 0. The van der Waals surface area contributed by atoms with Gasteiger partial charge in [0, 0.05) is 11.7 Å². The van der Waals surface area contributed by atoms with E-state index in [2.05, 4.69) is 38.6 Å². The molecule has 1 fully saturated rings. The molecule has 1 aromatic heterocycles. The second-order valence-corrected chi connectivity index (χ2v) is 6.89. The largest absolute Gasteiger partial charge is 0.368 e. The van der Waals surface area contributed by atoms with E-state index in [4.69, 9.17) is 5.73 Å². The van der Waals surface area contributed by atoms with Crippen LogP contribution in [-0.2, 0) is 17.0 Å². The Bertz CT molecular complexity index is 750. The lowest BCUT2D eigenvalue weighted by molar-refractivity contribution is -0.118. The lowest BCUT2D eigenvalue weighted by atomic mass is 10.1. The Morgan fingerprint density at radius 3 is 2.84 bits per heavy atom. The predicted octanol–water partition coefficient (Wildman–Crippen LogP) is 2.27. The lowest BCUT2D eigenvalue weighted by Gasteiger charge is -2.10. The number of amides is 1. The van der Waals surface area contributed by atoms with Crippen molar-refractivity contribution in [2.75, 3.05) is 16.8 Å². The summed E-state index contributed by atoms with van der Waals surface area (Å²) < 4.78 is 0. The first kappa shape index (κ1) is 17.5. The highest BCUT2D eigenvalue weighted by atomic mass is 32.2. The van der Waals surface area contributed by atoms with Crippen LogP contribution in [0.25, 0.3) is 0 Å². The zero-order valence-electron chi connectivity index (χ0n) is 14.2. The molecule has 3 rings (SSSR count). The molecule has 0 radical (unpaired) electrons. The topological polar surface area (TPSA) is 106 Å². The lowest BCUT2D eigenvalue weighted by Crippen LogP contribution is -2.27. The summed E-state index contributed by atoms with van der Waals surface area (Å²) in [6, 6.07) is 8.38. The predicted molar refractivity (Wildman–Crippen MR) is 101 cm³/mol. The Morgan fingerprint density at radius 1 is 1.28 bits per heavy atom. The average molecular weight is 358 g/mol. The molecule has 1 heterocycles. The van der Waals surface area contributed by atoms with Crippen molar-refractivity contribution in [3.05, 3.63) is 35.7 Å². The van der Waals surface area contributed by atoms with Gasteiger partial charge < -0.3 is 16.4 Å². The minimum Gasteiger partial charge on any atom is -0.368 e. The molecule has 1 saturated carbocycles. The number of aryl methyl sites for hydroxylation is 1. The first-order valence-electron chi connectivity index (χ1n) is 8.36. The molecule has 25 heavy (non-hydrogen) atoms. The van der Waals surface area contributed by atoms with Crippen molar-refractivity contribution in [3.8, 4) is 0 Å². The smallest absolute Gasteiger partial charge is 0.232 e. The van der Waals surface area contributed by atoms with E-state index in [0.29, 0.717) is 29.3 Å². The number of thioether (sulfide) groups is 1. The van der Waals surface area contributed by atoms with E-state index in [1.165, 1.54) is 17.3 Å². The molecule has 0 aliphatic heterocycles. The molecule has 0 spiro atoms. The van der Waals surface area contributed by atoms with E-state index in [0.717, 1.165) is 24.9 Å². The van der Waals surface area contributed by atoms with Gasteiger partial charge in [0.15, 0.2) is 0 Å². The number of benzene rings is 1. The summed E-state index contributed by atoms with van der Waals surface area (Å²) in [5.74, 6) is 2.12. The van der Waals surface area contributed by atoms with Crippen LogP contribution >= 0.6 is 11.8 Å². The molecular formula is C17H22N6OS. The second kappa shape index (κ2) is 8.15. The SMILES string of the molecule is CCc1ccccc1Nc1nc(N)nc(CSCC(=O)NC2CC2)n1. The Balaban J connectivity index is 1.60. The summed E-state index contributed by atoms with van der Waals surface area (Å²) in [5, 5.41) is 6.17. The molecule has 1 amide bonds. The first-order chi connectivity index (χ1) is 12.1. The summed E-state index contributed by atoms with van der Waals surface area (Å²) in [6.45, 7) is 2.09. The van der Waals surface area contributed by atoms with Gasteiger partial charge in [-0.2, -0.15) is 15.0 Å². The zero-order valence-corrected chi connectivity index (χ0v) is 15.0. The number of aromatic nitrogens is 3. The highest BCUT2D eigenvalue weighted by Crippen LogP contribution is 2.21. The Kier molecular flexibility index (Phi) is 5.70. The summed E-state index contributed by atoms with van der Waals surface area (Å²) in [6.07, 6.45) is 3.09. The standard InChI is InChI=1S/C17H22N6OS/c1-2-11-5-3-4-6-13(11)20-17-22-14(21-16(18)23-17)9-25-10-15(24)19-12-7-8-12/h3-6,12H,2,7-10H2,1H3,(H,19,24)(H3,18,20,21,22,23). The highest BCUT2D eigenvalue weighted by molar-refractivity contribution is 7.99. The van der Waals surface area contributed by atoms with Crippen LogP contribution in [0.2, 0.25) is 0 Å². The van der Waals surface area contributed by atoms with E-state index in [1.54, 1.807) is 0 Å². The minimum atomic E-state index is 0.0600. The molecule has 1 aromatic carbocycles. The molecule has 1 aliphatic rings. The van der Waals surface area contributed by atoms with E-state index in [-0.39, 0.29) is 11.9 Å². The maximum Gasteiger partial charge on any atom is 0.232 e. The number of carbonyl (C=O) groups excluding carboxylic acids is 1. The fourth-order valence-electron chi connectivity index (χ4n) is 2.36. The van der Waals surface area contributed by atoms with Crippen LogP contribution in [0.3, 0.4) is 0 Å². The molecule has 132 valence electrons. The number of rotatable bonds is 8. The van der Waals surface area contributed by atoms with Crippen LogP contribution in [0.4, 0.5) is 17.6 Å². The van der Waals surface area contributed by atoms with Gasteiger partial charge in [-0.25, -0.2) is 0 Å². The van der Waals surface area contributed by atoms with Crippen LogP contribution in [0, 0.1) is 0 Å². The number of para-hydroxylation sites is 1. The van der Waals surface area contributed by atoms with Crippen molar-refractivity contribution < 1.29 is 4.79 Å². The van der Waals surface area contributed by atoms with E-state index in [9.17, 15) is 4.79 Å². The van der Waals surface area contributed by atoms with Gasteiger partial charge in [0.2, 0.25) is 17.8 Å².